The Balaban J connectivity index is 1.34. The Bertz CT molecular complexity index is 1200. The molecule has 2 aromatic heterocycles. The largest absolute Gasteiger partial charge is 0.489 e. The molecule has 1 aromatic carbocycles. The maximum Gasteiger partial charge on any atom is 0.410 e. The van der Waals surface area contributed by atoms with Crippen LogP contribution in [0.2, 0.25) is 0 Å². The number of piperidine rings is 1. The Morgan fingerprint density at radius 3 is 2.50 bits per heavy atom. The Morgan fingerprint density at radius 1 is 1.11 bits per heavy atom. The van der Waals surface area contributed by atoms with Crippen LogP contribution in [0.3, 0.4) is 0 Å². The number of benzene rings is 1. The van der Waals surface area contributed by atoms with Gasteiger partial charge in [-0.15, -0.1) is 0 Å². The van der Waals surface area contributed by atoms with Gasteiger partial charge in [0.25, 0.3) is 0 Å². The lowest BCUT2D eigenvalue weighted by molar-refractivity contribution is -0.124. The van der Waals surface area contributed by atoms with E-state index in [4.69, 9.17) is 9.47 Å². The highest BCUT2D eigenvalue weighted by Crippen LogP contribution is 2.24. The molecule has 8 nitrogen and oxygen atoms in total. The highest BCUT2D eigenvalue weighted by Gasteiger charge is 2.27. The summed E-state index contributed by atoms with van der Waals surface area (Å²) in [6.07, 6.45) is 5.02. The van der Waals surface area contributed by atoms with E-state index in [0.29, 0.717) is 25.4 Å². The summed E-state index contributed by atoms with van der Waals surface area (Å²) in [7, 11) is 0. The van der Waals surface area contributed by atoms with E-state index in [-0.39, 0.29) is 24.0 Å². The van der Waals surface area contributed by atoms with Gasteiger partial charge in [0.15, 0.2) is 0 Å². The van der Waals surface area contributed by atoms with Crippen LogP contribution in [0.1, 0.15) is 53.0 Å². The van der Waals surface area contributed by atoms with Crippen molar-refractivity contribution >= 4 is 22.9 Å². The van der Waals surface area contributed by atoms with Gasteiger partial charge in [-0.3, -0.25) is 4.79 Å². The third kappa shape index (κ3) is 6.36. The molecular formula is C28H36N4O4. The molecule has 1 N–H and O–H groups in total. The van der Waals surface area contributed by atoms with E-state index in [1.807, 2.05) is 69.6 Å². The number of hydrogen-bond donors (Lipinski definition) is 1. The minimum absolute atomic E-state index is 0.0297. The van der Waals surface area contributed by atoms with Crippen LogP contribution < -0.4 is 10.1 Å². The molecule has 0 bridgehead atoms. The van der Waals surface area contributed by atoms with Gasteiger partial charge >= 0.3 is 6.09 Å². The molecule has 0 spiro atoms. The zero-order valence-corrected chi connectivity index (χ0v) is 21.8. The van der Waals surface area contributed by atoms with Crippen LogP contribution in [0.4, 0.5) is 4.79 Å². The van der Waals surface area contributed by atoms with Crippen LogP contribution in [-0.4, -0.2) is 51.2 Å². The summed E-state index contributed by atoms with van der Waals surface area (Å²) >= 11 is 0. The van der Waals surface area contributed by atoms with Gasteiger partial charge in [-0.2, -0.15) is 0 Å². The first-order chi connectivity index (χ1) is 17.1. The molecule has 1 aliphatic rings. The number of pyridine rings is 1. The molecule has 2 amide bonds. The van der Waals surface area contributed by atoms with Crippen LogP contribution in [0, 0.1) is 5.92 Å². The van der Waals surface area contributed by atoms with Crippen LogP contribution in [0.5, 0.6) is 5.75 Å². The average Bonchev–Trinajstić information content (AvgIpc) is 3.25. The maximum absolute atomic E-state index is 12.3. The van der Waals surface area contributed by atoms with Gasteiger partial charge in [-0.1, -0.05) is 19.9 Å². The first kappa shape index (κ1) is 25.5. The van der Waals surface area contributed by atoms with Crippen LogP contribution in [0.25, 0.3) is 16.7 Å². The minimum atomic E-state index is -0.490. The predicted molar refractivity (Wildman–Crippen MR) is 139 cm³/mol. The van der Waals surface area contributed by atoms with Gasteiger partial charge < -0.3 is 24.3 Å². The van der Waals surface area contributed by atoms with Crippen molar-refractivity contribution in [1.82, 2.24) is 19.8 Å². The fourth-order valence-corrected chi connectivity index (χ4v) is 4.15. The summed E-state index contributed by atoms with van der Waals surface area (Å²) < 4.78 is 13.6. The highest BCUT2D eigenvalue weighted by atomic mass is 16.6. The first-order valence-corrected chi connectivity index (χ1v) is 12.6. The molecule has 4 rings (SSSR count). The second kappa shape index (κ2) is 10.6. The Kier molecular flexibility index (Phi) is 7.52. The molecule has 0 saturated carbocycles. The standard InChI is InChI=1S/C28H36N4O4/c1-19(2)26(33)30-17-20-6-8-24-21(16-20)10-15-32(24)25-9-7-23(18-29-25)35-22-11-13-31(14-12-22)27(34)36-28(3,4)5/h6-10,15-16,18-19,22H,11-14,17H2,1-5H3,(H,30,33). The summed E-state index contributed by atoms with van der Waals surface area (Å²) in [6, 6.07) is 12.1. The molecule has 1 aliphatic heterocycles. The predicted octanol–water partition coefficient (Wildman–Crippen LogP) is 5.08. The lowest BCUT2D eigenvalue weighted by Crippen LogP contribution is -2.44. The lowest BCUT2D eigenvalue weighted by Gasteiger charge is -2.33. The number of fused-ring (bicyclic) bond motifs is 1. The number of nitrogens with one attached hydrogen (secondary N) is 1. The van der Waals surface area contributed by atoms with Crippen LogP contribution in [-0.2, 0) is 16.1 Å². The third-order valence-electron chi connectivity index (χ3n) is 6.11. The van der Waals surface area contributed by atoms with Crippen molar-refractivity contribution in [2.24, 2.45) is 5.92 Å². The van der Waals surface area contributed by atoms with E-state index < -0.39 is 5.60 Å². The number of nitrogens with zero attached hydrogens (tertiary/aromatic N) is 3. The molecule has 1 saturated heterocycles. The first-order valence-electron chi connectivity index (χ1n) is 12.6. The van der Waals surface area contributed by atoms with E-state index in [1.54, 1.807) is 11.1 Å². The quantitative estimate of drug-likeness (QED) is 0.519. The molecular weight excluding hydrogens is 456 g/mol. The van der Waals surface area contributed by atoms with Crippen molar-refractivity contribution in [2.45, 2.75) is 65.7 Å². The SMILES string of the molecule is CC(C)C(=O)NCc1ccc2c(ccn2-c2ccc(OC3CCN(C(=O)OC(C)(C)C)CC3)cn2)c1. The topological polar surface area (TPSA) is 85.7 Å². The maximum atomic E-state index is 12.3. The van der Waals surface area contributed by atoms with Crippen molar-refractivity contribution < 1.29 is 19.1 Å². The summed E-state index contributed by atoms with van der Waals surface area (Å²) in [4.78, 5) is 30.5. The lowest BCUT2D eigenvalue weighted by atomic mass is 10.1. The van der Waals surface area contributed by atoms with Crippen molar-refractivity contribution in [1.29, 1.82) is 0 Å². The second-order valence-electron chi connectivity index (χ2n) is 10.6. The molecule has 1 fully saturated rings. The van der Waals surface area contributed by atoms with E-state index in [0.717, 1.165) is 35.1 Å². The normalized spacial score (nSPS) is 14.8. The highest BCUT2D eigenvalue weighted by molar-refractivity contribution is 5.83. The van der Waals surface area contributed by atoms with Gasteiger partial charge in [-0.05, 0) is 56.7 Å². The van der Waals surface area contributed by atoms with E-state index >= 15 is 0 Å². The fourth-order valence-electron chi connectivity index (χ4n) is 4.15. The van der Waals surface area contributed by atoms with Crippen molar-refractivity contribution in [2.75, 3.05) is 13.1 Å². The third-order valence-corrected chi connectivity index (χ3v) is 6.11. The van der Waals surface area contributed by atoms with Crippen LogP contribution in [0.15, 0.2) is 48.8 Å². The van der Waals surface area contributed by atoms with Crippen molar-refractivity contribution in [3.63, 3.8) is 0 Å². The second-order valence-corrected chi connectivity index (χ2v) is 10.6. The number of likely N-dealkylation sites (tertiary alicyclic amines) is 1. The Morgan fingerprint density at radius 2 is 1.86 bits per heavy atom. The monoisotopic (exact) mass is 492 g/mol. The van der Waals surface area contributed by atoms with Gasteiger partial charge in [0.05, 0.1) is 11.7 Å². The van der Waals surface area contributed by atoms with Crippen molar-refractivity contribution in [3.8, 4) is 11.6 Å². The average molecular weight is 493 g/mol. The van der Waals surface area contributed by atoms with Gasteiger partial charge in [0, 0.05) is 50.0 Å². The van der Waals surface area contributed by atoms with E-state index in [9.17, 15) is 9.59 Å². The smallest absolute Gasteiger partial charge is 0.410 e. The van der Waals surface area contributed by atoms with Crippen molar-refractivity contribution in [3.05, 3.63) is 54.4 Å². The number of carbonyl (C=O) groups is 2. The molecule has 0 aliphatic carbocycles. The van der Waals surface area contributed by atoms with Gasteiger partial charge in [0.1, 0.15) is 23.3 Å². The Labute approximate surface area is 212 Å². The number of aromatic nitrogens is 2. The molecule has 0 unspecified atom stereocenters. The molecule has 8 heteroatoms. The number of amides is 2. The zero-order valence-electron chi connectivity index (χ0n) is 21.8. The molecule has 36 heavy (non-hydrogen) atoms. The molecule has 192 valence electrons. The van der Waals surface area contributed by atoms with Gasteiger partial charge in [-0.25, -0.2) is 9.78 Å². The number of hydrogen-bond acceptors (Lipinski definition) is 5. The number of ether oxygens (including phenoxy) is 2. The Hall–Kier alpha value is -3.55. The molecule has 0 radical (unpaired) electrons. The molecule has 0 atom stereocenters. The van der Waals surface area contributed by atoms with Gasteiger partial charge in [0.2, 0.25) is 5.91 Å². The summed E-state index contributed by atoms with van der Waals surface area (Å²) in [5.41, 5.74) is 1.62. The summed E-state index contributed by atoms with van der Waals surface area (Å²) in [5.74, 6) is 1.54. The van der Waals surface area contributed by atoms with E-state index in [2.05, 4.69) is 22.4 Å². The van der Waals surface area contributed by atoms with E-state index in [1.165, 1.54) is 0 Å². The van der Waals surface area contributed by atoms with Crippen LogP contribution >= 0.6 is 0 Å². The number of rotatable bonds is 6. The molecule has 3 aromatic rings. The fraction of sp³-hybridized carbons (Fsp3) is 0.464. The summed E-state index contributed by atoms with van der Waals surface area (Å²) in [6.45, 7) is 11.1. The minimum Gasteiger partial charge on any atom is -0.489 e. The molecule has 3 heterocycles. The number of carbonyl (C=O) groups excluding carboxylic acids is 2. The summed E-state index contributed by atoms with van der Waals surface area (Å²) in [5, 5.41) is 4.05. The zero-order chi connectivity index (χ0) is 25.9.